The molecule has 0 aliphatic carbocycles. The van der Waals surface area contributed by atoms with Crippen molar-refractivity contribution in [2.24, 2.45) is 23.7 Å². The van der Waals surface area contributed by atoms with Crippen molar-refractivity contribution in [3.05, 3.63) is 35.9 Å². The van der Waals surface area contributed by atoms with Crippen molar-refractivity contribution in [2.75, 3.05) is 34.9 Å². The molecule has 2 amide bonds. The monoisotopic (exact) mass is 980 g/mol. The topological polar surface area (TPSA) is 230 Å². The summed E-state index contributed by atoms with van der Waals surface area (Å²) in [5, 5.41) is 40.8. The van der Waals surface area contributed by atoms with Crippen LogP contribution in [0.5, 0.6) is 0 Å². The average molecular weight is 980 g/mol. The van der Waals surface area contributed by atoms with Crippen LogP contribution in [0.25, 0.3) is 0 Å². The summed E-state index contributed by atoms with van der Waals surface area (Å²) in [6.45, 7) is 17.7. The largest absolute Gasteiger partial charge is 0.459 e. The van der Waals surface area contributed by atoms with Crippen LogP contribution in [-0.4, -0.2) is 163 Å². The van der Waals surface area contributed by atoms with Crippen molar-refractivity contribution in [2.45, 2.75) is 205 Å². The lowest BCUT2D eigenvalue weighted by atomic mass is 9.74. The number of carbonyl (C=O) groups is 4. The number of cyclic esters (lactones) is 1. The number of methoxy groups -OCH3 is 2. The number of aliphatic hydroxyl groups is 3. The number of hydrogen-bond acceptors (Lipinski definition) is 16. The Morgan fingerprint density at radius 2 is 1.49 bits per heavy atom. The Morgan fingerprint density at radius 1 is 0.855 bits per heavy atom. The molecule has 0 bridgehead atoms. The predicted molar refractivity (Wildman–Crippen MR) is 255 cm³/mol. The van der Waals surface area contributed by atoms with Crippen LogP contribution in [0, 0.1) is 23.7 Å². The number of aliphatic hydroxyl groups excluding tert-OH is 2. The minimum absolute atomic E-state index is 0.0380. The lowest BCUT2D eigenvalue weighted by Crippen LogP contribution is -2.62. The van der Waals surface area contributed by atoms with Gasteiger partial charge in [0, 0.05) is 63.9 Å². The SMILES string of the molecule is CC[C@H]1OC(=O)[C@H](C)[C@@H](O[C@H]2C[C@@](C)(OC)[C@@H](OC(=O)NCCCCC(=O)NCc3ccccc3)[C@H](C)O2)[C@H](C)[C@@H](O[C@@H]2O[C@H](C)C[C@H](N(C)C)[C@H]2O)[C@@](C)(OC)C[C@@H](C)C(=O)[C@H](C)[C@@H](O)[C@]1(C)O. The molecule has 5 N–H and O–H groups in total. The van der Waals surface area contributed by atoms with Gasteiger partial charge in [0.2, 0.25) is 5.91 Å². The van der Waals surface area contributed by atoms with Crippen LogP contribution in [-0.2, 0) is 58.8 Å². The number of esters is 1. The Kier molecular flexibility index (Phi) is 21.4. The molecule has 3 heterocycles. The minimum atomic E-state index is -2.02. The number of Topliss-reactive ketones (excluding diaryl/α,β-unsaturated/α-hetero) is 1. The molecule has 394 valence electrons. The summed E-state index contributed by atoms with van der Waals surface area (Å²) >= 11 is 0. The molecule has 18 nitrogen and oxygen atoms in total. The quantitative estimate of drug-likeness (QED) is 0.112. The summed E-state index contributed by atoms with van der Waals surface area (Å²) < 4.78 is 51.0. The zero-order chi connectivity index (χ0) is 51.6. The molecule has 4 rings (SSSR count). The van der Waals surface area contributed by atoms with E-state index in [0.717, 1.165) is 5.56 Å². The van der Waals surface area contributed by atoms with Gasteiger partial charge in [-0.25, -0.2) is 4.79 Å². The Hall–Kier alpha value is -3.30. The number of nitrogens with one attached hydrogen (secondary N) is 2. The molecule has 3 aliphatic heterocycles. The second kappa shape index (κ2) is 25.4. The molecule has 18 atom stereocenters. The number of carbonyl (C=O) groups excluding carboxylic acids is 4. The van der Waals surface area contributed by atoms with Crippen LogP contribution >= 0.6 is 0 Å². The fourth-order valence-corrected chi connectivity index (χ4v) is 10.4. The second-order valence-corrected chi connectivity index (χ2v) is 20.7. The molecule has 0 radical (unpaired) electrons. The van der Waals surface area contributed by atoms with E-state index in [1.54, 1.807) is 48.5 Å². The lowest BCUT2D eigenvalue weighted by molar-refractivity contribution is -0.319. The summed E-state index contributed by atoms with van der Waals surface area (Å²) in [6, 6.07) is 9.31. The molecule has 3 saturated heterocycles. The van der Waals surface area contributed by atoms with Crippen LogP contribution in [0.2, 0.25) is 0 Å². The highest BCUT2D eigenvalue weighted by Crippen LogP contribution is 2.42. The Balaban J connectivity index is 1.61. The molecular formula is C51H85N3O15. The first-order valence-electron chi connectivity index (χ1n) is 24.8. The number of alkyl carbamates (subject to hydrolysis) is 1. The smallest absolute Gasteiger partial charge is 0.407 e. The standard InChI is InChI=1S/C51H85N3O15/c1-15-37-51(10,61)43(58)31(4)40(56)29(2)26-49(8,62-13)44(68-47-41(57)36(54(11)12)25-30(3)64-47)32(5)42(33(6)46(59)66-37)67-39-27-50(9,63-14)45(34(7)65-39)69-48(60)52-24-20-19-23-38(55)53-28-35-21-17-16-18-22-35/h16-18,21-22,29-34,36-37,39,41-45,47,57-58,61H,15,19-20,23-28H2,1-14H3,(H,52,60)(H,53,55)/t29-,30-,31+,32+,33-,34+,36+,37-,39+,41-,42+,43-,44-,45+,47+,49+,50-,51-/m1/s1. The van der Waals surface area contributed by atoms with Crippen LogP contribution in [0.15, 0.2) is 30.3 Å². The third kappa shape index (κ3) is 14.7. The molecule has 3 fully saturated rings. The molecule has 69 heavy (non-hydrogen) atoms. The molecule has 1 aromatic rings. The van der Waals surface area contributed by atoms with Crippen LogP contribution in [0.4, 0.5) is 4.79 Å². The molecule has 3 aliphatic rings. The highest BCUT2D eigenvalue weighted by Gasteiger charge is 2.55. The van der Waals surface area contributed by atoms with Gasteiger partial charge in [-0.3, -0.25) is 14.4 Å². The number of ketones is 1. The van der Waals surface area contributed by atoms with Crippen LogP contribution in [0.1, 0.15) is 120 Å². The van der Waals surface area contributed by atoms with Crippen LogP contribution in [0.3, 0.4) is 0 Å². The third-order valence-corrected chi connectivity index (χ3v) is 14.9. The molecule has 0 spiro atoms. The van der Waals surface area contributed by atoms with Gasteiger partial charge < -0.3 is 68.7 Å². The first-order chi connectivity index (χ1) is 32.3. The summed E-state index contributed by atoms with van der Waals surface area (Å²) in [4.78, 5) is 56.2. The van der Waals surface area contributed by atoms with E-state index in [2.05, 4.69) is 10.6 Å². The lowest BCUT2D eigenvalue weighted by Gasteiger charge is -2.50. The number of nitrogens with zero attached hydrogens (tertiary/aromatic N) is 1. The third-order valence-electron chi connectivity index (χ3n) is 14.9. The van der Waals surface area contributed by atoms with Crippen molar-refractivity contribution in [1.29, 1.82) is 0 Å². The molecule has 0 unspecified atom stereocenters. The van der Waals surface area contributed by atoms with Crippen molar-refractivity contribution in [3.63, 3.8) is 0 Å². The average Bonchev–Trinajstić information content (AvgIpc) is 3.31. The fraction of sp³-hybridized carbons (Fsp3) is 0.804. The van der Waals surface area contributed by atoms with Crippen molar-refractivity contribution >= 4 is 23.8 Å². The first-order valence-corrected chi connectivity index (χ1v) is 24.8. The molecule has 18 heteroatoms. The molecule has 0 aromatic heterocycles. The first kappa shape index (κ1) is 58.3. The number of amides is 2. The molecular weight excluding hydrogens is 895 g/mol. The van der Waals surface area contributed by atoms with E-state index >= 15 is 0 Å². The maximum atomic E-state index is 14.5. The zero-order valence-corrected chi connectivity index (χ0v) is 43.6. The van der Waals surface area contributed by atoms with Gasteiger partial charge in [-0.1, -0.05) is 58.0 Å². The van der Waals surface area contributed by atoms with Gasteiger partial charge >= 0.3 is 12.1 Å². The summed E-state index contributed by atoms with van der Waals surface area (Å²) in [5.74, 6) is -4.85. The van der Waals surface area contributed by atoms with E-state index in [-0.39, 0.29) is 49.6 Å². The van der Waals surface area contributed by atoms with E-state index in [1.807, 2.05) is 63.2 Å². The van der Waals surface area contributed by atoms with Gasteiger partial charge in [-0.15, -0.1) is 0 Å². The summed E-state index contributed by atoms with van der Waals surface area (Å²) in [7, 11) is 6.73. The number of ether oxygens (including phenoxy) is 8. The second-order valence-electron chi connectivity index (χ2n) is 20.7. The van der Waals surface area contributed by atoms with Crippen LogP contribution < -0.4 is 10.6 Å². The highest BCUT2D eigenvalue weighted by molar-refractivity contribution is 5.83. The molecule has 0 saturated carbocycles. The molecule has 1 aromatic carbocycles. The van der Waals surface area contributed by atoms with E-state index in [9.17, 15) is 34.5 Å². The number of benzene rings is 1. The van der Waals surface area contributed by atoms with Gasteiger partial charge in [-0.05, 0) is 93.3 Å². The number of hydrogen-bond donors (Lipinski definition) is 5. The fourth-order valence-electron chi connectivity index (χ4n) is 10.4. The van der Waals surface area contributed by atoms with Gasteiger partial charge in [-0.2, -0.15) is 0 Å². The van der Waals surface area contributed by atoms with Gasteiger partial charge in [0.05, 0.1) is 42.0 Å². The minimum Gasteiger partial charge on any atom is -0.459 e. The summed E-state index contributed by atoms with van der Waals surface area (Å²) in [5.41, 5.74) is -3.48. The van der Waals surface area contributed by atoms with Gasteiger partial charge in [0.15, 0.2) is 18.7 Å². The van der Waals surface area contributed by atoms with Crippen molar-refractivity contribution < 1.29 is 72.4 Å². The van der Waals surface area contributed by atoms with E-state index in [1.165, 1.54) is 21.1 Å². The normalized spacial score (nSPS) is 39.5. The predicted octanol–water partition coefficient (Wildman–Crippen LogP) is 4.66. The maximum absolute atomic E-state index is 14.5. The van der Waals surface area contributed by atoms with Crippen molar-refractivity contribution in [1.82, 2.24) is 15.5 Å². The summed E-state index contributed by atoms with van der Waals surface area (Å²) in [6.07, 6.45) is -8.77. The van der Waals surface area contributed by atoms with E-state index in [4.69, 9.17) is 37.9 Å². The van der Waals surface area contributed by atoms with E-state index < -0.39 is 108 Å². The zero-order valence-electron chi connectivity index (χ0n) is 43.6. The Morgan fingerprint density at radius 3 is 2.10 bits per heavy atom. The number of rotatable bonds is 16. The van der Waals surface area contributed by atoms with Crippen molar-refractivity contribution in [3.8, 4) is 0 Å². The van der Waals surface area contributed by atoms with Gasteiger partial charge in [0.25, 0.3) is 0 Å². The number of unbranched alkanes of at least 4 members (excludes halogenated alkanes) is 1. The van der Waals surface area contributed by atoms with Gasteiger partial charge in [0.1, 0.15) is 29.2 Å². The highest BCUT2D eigenvalue weighted by atomic mass is 16.7. The Bertz CT molecular complexity index is 1810. The Labute approximate surface area is 410 Å². The maximum Gasteiger partial charge on any atom is 0.407 e. The number of likely N-dealkylation sites (N-methyl/N-ethyl adjacent to an activating group) is 1. The van der Waals surface area contributed by atoms with E-state index in [0.29, 0.717) is 32.2 Å².